The Hall–Kier alpha value is -3.95. The zero-order valence-electron chi connectivity index (χ0n) is 17.3. The van der Waals surface area contributed by atoms with E-state index in [4.69, 9.17) is 11.5 Å². The first-order chi connectivity index (χ1) is 15.3. The molecule has 0 radical (unpaired) electrons. The van der Waals surface area contributed by atoms with Crippen LogP contribution in [-0.4, -0.2) is 45.0 Å². The van der Waals surface area contributed by atoms with Crippen molar-refractivity contribution in [3.8, 4) is 0 Å². The van der Waals surface area contributed by atoms with E-state index in [0.29, 0.717) is 22.2 Å². The van der Waals surface area contributed by atoms with Crippen molar-refractivity contribution in [1.82, 2.24) is 20.0 Å². The highest BCUT2D eigenvalue weighted by Crippen LogP contribution is 2.27. The molecule has 5 N–H and O–H groups in total. The summed E-state index contributed by atoms with van der Waals surface area (Å²) in [6, 6.07) is 11.2. The van der Waals surface area contributed by atoms with Gasteiger partial charge in [-0.05, 0) is 31.0 Å². The second-order valence-corrected chi connectivity index (χ2v) is 7.77. The number of nitrogen functional groups attached to an aromatic ring is 1. The van der Waals surface area contributed by atoms with Crippen molar-refractivity contribution in [1.29, 1.82) is 0 Å². The van der Waals surface area contributed by atoms with E-state index in [-0.39, 0.29) is 37.3 Å². The Morgan fingerprint density at radius 2 is 1.94 bits per heavy atom. The smallest absolute Gasteiger partial charge is 0.269 e. The maximum Gasteiger partial charge on any atom is 0.269 e. The van der Waals surface area contributed by atoms with Crippen LogP contribution in [0, 0.1) is 5.82 Å². The average Bonchev–Trinajstić information content (AvgIpc) is 3.53. The third kappa shape index (κ3) is 4.53. The van der Waals surface area contributed by atoms with Crippen molar-refractivity contribution >= 4 is 34.3 Å². The molecular weight excluding hydrogens is 415 g/mol. The third-order valence-corrected chi connectivity index (χ3v) is 5.35. The maximum absolute atomic E-state index is 13.9. The minimum absolute atomic E-state index is 0.0105. The van der Waals surface area contributed by atoms with Crippen LogP contribution in [0.25, 0.3) is 10.9 Å². The summed E-state index contributed by atoms with van der Waals surface area (Å²) in [6.45, 7) is -0.296. The molecule has 3 aromatic rings. The molecule has 0 atom stereocenters. The zero-order chi connectivity index (χ0) is 22.8. The summed E-state index contributed by atoms with van der Waals surface area (Å²) in [4.78, 5) is 38.7. The van der Waals surface area contributed by atoms with E-state index >= 15 is 0 Å². The molecule has 0 unspecified atom stereocenters. The largest absolute Gasteiger partial charge is 0.399 e. The van der Waals surface area contributed by atoms with Gasteiger partial charge in [0.05, 0.1) is 12.1 Å². The van der Waals surface area contributed by atoms with Gasteiger partial charge in [-0.1, -0.05) is 24.3 Å². The minimum atomic E-state index is -0.680. The summed E-state index contributed by atoms with van der Waals surface area (Å²) in [5.74, 6) is -1.88. The number of hydrogen-bond donors (Lipinski definition) is 3. The molecule has 1 fully saturated rings. The number of rotatable bonds is 8. The summed E-state index contributed by atoms with van der Waals surface area (Å²) < 4.78 is 15.3. The molecule has 1 saturated carbocycles. The molecule has 0 spiro atoms. The van der Waals surface area contributed by atoms with Gasteiger partial charge in [-0.3, -0.25) is 19.1 Å². The van der Waals surface area contributed by atoms with Crippen molar-refractivity contribution in [2.45, 2.75) is 32.0 Å². The van der Waals surface area contributed by atoms with Gasteiger partial charge in [0.25, 0.3) is 5.91 Å². The van der Waals surface area contributed by atoms with Gasteiger partial charge in [-0.15, -0.1) is 0 Å². The first-order valence-electron chi connectivity index (χ1n) is 10.2. The number of fused-ring (bicyclic) bond motifs is 1. The van der Waals surface area contributed by atoms with Gasteiger partial charge in [0, 0.05) is 29.2 Å². The number of nitrogens with one attached hydrogen (secondary N) is 1. The fourth-order valence-corrected chi connectivity index (χ4v) is 3.57. The van der Waals surface area contributed by atoms with E-state index in [0.717, 1.165) is 12.8 Å². The molecule has 0 saturated heterocycles. The number of nitrogens with zero attached hydrogens (tertiary/aromatic N) is 3. The molecule has 2 aromatic carbocycles. The van der Waals surface area contributed by atoms with E-state index < -0.39 is 17.6 Å². The van der Waals surface area contributed by atoms with Crippen molar-refractivity contribution in [2.75, 3.05) is 12.3 Å². The number of primary amides is 1. The lowest BCUT2D eigenvalue weighted by Crippen LogP contribution is -2.43. The van der Waals surface area contributed by atoms with Crippen LogP contribution in [0.2, 0.25) is 0 Å². The second kappa shape index (κ2) is 8.66. The lowest BCUT2D eigenvalue weighted by Gasteiger charge is -2.22. The molecule has 166 valence electrons. The lowest BCUT2D eigenvalue weighted by molar-refractivity contribution is -0.137. The number of hydrogen-bond acceptors (Lipinski definition) is 5. The highest BCUT2D eigenvalue weighted by molar-refractivity contribution is 6.04. The molecule has 1 aliphatic carbocycles. The van der Waals surface area contributed by atoms with Crippen molar-refractivity contribution in [3.05, 3.63) is 59.5 Å². The van der Waals surface area contributed by atoms with E-state index in [2.05, 4.69) is 10.4 Å². The Morgan fingerprint density at radius 1 is 1.19 bits per heavy atom. The Balaban J connectivity index is 1.44. The van der Waals surface area contributed by atoms with Crippen molar-refractivity contribution in [3.63, 3.8) is 0 Å². The minimum Gasteiger partial charge on any atom is -0.399 e. The van der Waals surface area contributed by atoms with Gasteiger partial charge >= 0.3 is 0 Å². The average molecular weight is 438 g/mol. The Bertz CT molecular complexity index is 1200. The Morgan fingerprint density at radius 3 is 2.62 bits per heavy atom. The summed E-state index contributed by atoms with van der Waals surface area (Å²) in [5, 5.41) is 7.41. The first-order valence-corrected chi connectivity index (χ1v) is 10.2. The molecule has 3 amide bonds. The fourth-order valence-electron chi connectivity index (χ4n) is 3.57. The Kier molecular flexibility index (Phi) is 5.76. The van der Waals surface area contributed by atoms with Crippen LogP contribution in [0.3, 0.4) is 0 Å². The monoisotopic (exact) mass is 438 g/mol. The van der Waals surface area contributed by atoms with Crippen LogP contribution >= 0.6 is 0 Å². The van der Waals surface area contributed by atoms with E-state index in [1.807, 2.05) is 0 Å². The molecule has 0 bridgehead atoms. The normalized spacial score (nSPS) is 13.2. The molecule has 0 aliphatic heterocycles. The van der Waals surface area contributed by atoms with Gasteiger partial charge < -0.3 is 21.7 Å². The number of aromatic nitrogens is 2. The number of carbonyl (C=O) groups excluding carboxylic acids is 3. The summed E-state index contributed by atoms with van der Waals surface area (Å²) in [7, 11) is 0. The SMILES string of the molecule is NC(=O)c1nn(CC(=O)N(CC(=O)NCc2ccc(N)cc2F)C2CC2)c2ccccc12. The number of para-hydroxylation sites is 1. The molecule has 32 heavy (non-hydrogen) atoms. The summed E-state index contributed by atoms with van der Waals surface area (Å²) in [5.41, 5.74) is 12.2. The highest BCUT2D eigenvalue weighted by Gasteiger charge is 2.34. The van der Waals surface area contributed by atoms with E-state index in [9.17, 15) is 18.8 Å². The molecule has 1 heterocycles. The van der Waals surface area contributed by atoms with Crippen LogP contribution in [0.5, 0.6) is 0 Å². The van der Waals surface area contributed by atoms with Gasteiger partial charge in [0.2, 0.25) is 11.8 Å². The van der Waals surface area contributed by atoms with Crippen LogP contribution < -0.4 is 16.8 Å². The number of nitrogens with two attached hydrogens (primary N) is 2. The summed E-state index contributed by atoms with van der Waals surface area (Å²) >= 11 is 0. The van der Waals surface area contributed by atoms with Crippen molar-refractivity contribution in [2.24, 2.45) is 5.73 Å². The third-order valence-electron chi connectivity index (χ3n) is 5.35. The quantitative estimate of drug-likeness (QED) is 0.454. The van der Waals surface area contributed by atoms with Gasteiger partial charge in [-0.2, -0.15) is 5.10 Å². The van der Waals surface area contributed by atoms with Crippen LogP contribution in [0.4, 0.5) is 10.1 Å². The predicted molar refractivity (Wildman–Crippen MR) is 116 cm³/mol. The molecule has 1 aliphatic rings. The van der Waals surface area contributed by atoms with Gasteiger partial charge in [0.15, 0.2) is 5.69 Å². The number of benzene rings is 2. The van der Waals surface area contributed by atoms with Crippen LogP contribution in [0.15, 0.2) is 42.5 Å². The molecule has 4 rings (SSSR count). The molecule has 10 heteroatoms. The van der Waals surface area contributed by atoms with Gasteiger partial charge in [0.1, 0.15) is 12.4 Å². The highest BCUT2D eigenvalue weighted by atomic mass is 19.1. The number of anilines is 1. The number of amides is 3. The first kappa shape index (κ1) is 21.3. The molecule has 1 aromatic heterocycles. The number of halogens is 1. The molecule has 9 nitrogen and oxygen atoms in total. The maximum atomic E-state index is 13.9. The van der Waals surface area contributed by atoms with E-state index in [1.54, 1.807) is 30.3 Å². The zero-order valence-corrected chi connectivity index (χ0v) is 17.3. The van der Waals surface area contributed by atoms with Gasteiger partial charge in [-0.25, -0.2) is 4.39 Å². The topological polar surface area (TPSA) is 136 Å². The lowest BCUT2D eigenvalue weighted by atomic mass is 10.2. The standard InChI is InChI=1S/C22H23FN6O3/c23-17-9-14(24)6-5-13(17)10-26-19(30)11-28(15-7-8-15)20(31)12-29-18-4-2-1-3-16(18)21(27-29)22(25)32/h1-6,9,15H,7-8,10-12,24H2,(H2,25,32)(H,26,30). The Labute approximate surface area is 183 Å². The predicted octanol–water partition coefficient (Wildman–Crippen LogP) is 1.16. The molecular formula is C22H23FN6O3. The van der Waals surface area contributed by atoms with Crippen LogP contribution in [-0.2, 0) is 22.7 Å². The summed E-state index contributed by atoms with van der Waals surface area (Å²) in [6.07, 6.45) is 1.61. The fraction of sp³-hybridized carbons (Fsp3) is 0.273. The van der Waals surface area contributed by atoms with Crippen LogP contribution in [0.1, 0.15) is 28.9 Å². The van der Waals surface area contributed by atoms with E-state index in [1.165, 1.54) is 21.7 Å². The van der Waals surface area contributed by atoms with Crippen molar-refractivity contribution < 1.29 is 18.8 Å². The number of carbonyl (C=O) groups is 3. The second-order valence-electron chi connectivity index (χ2n) is 7.77.